The van der Waals surface area contributed by atoms with Crippen molar-refractivity contribution in [2.45, 2.75) is 10.6 Å². The first kappa shape index (κ1) is 15.8. The minimum Gasteiger partial charge on any atom is -0.496 e. The molecule has 0 saturated heterocycles. The van der Waals surface area contributed by atoms with Crippen LogP contribution in [-0.2, 0) is 15.6 Å². The van der Waals surface area contributed by atoms with E-state index in [1.165, 1.54) is 30.6 Å². The Morgan fingerprint density at radius 3 is 2.57 bits per heavy atom. The molecule has 112 valence electrons. The van der Waals surface area contributed by atoms with E-state index in [2.05, 4.69) is 0 Å². The van der Waals surface area contributed by atoms with Crippen LogP contribution in [0.1, 0.15) is 15.2 Å². The Kier molecular flexibility index (Phi) is 4.55. The Morgan fingerprint density at radius 2 is 2.05 bits per heavy atom. The summed E-state index contributed by atoms with van der Waals surface area (Å²) in [7, 11) is -2.33. The molecule has 0 spiro atoms. The van der Waals surface area contributed by atoms with Gasteiger partial charge in [0, 0.05) is 4.88 Å². The summed E-state index contributed by atoms with van der Waals surface area (Å²) in [5.41, 5.74) is -0.192. The number of thiophene rings is 1. The van der Waals surface area contributed by atoms with E-state index in [-0.39, 0.29) is 22.0 Å². The third-order valence-electron chi connectivity index (χ3n) is 2.72. The molecule has 0 aliphatic heterocycles. The minimum atomic E-state index is -3.65. The standard InChI is InChI=1S/C13H11ClO5S2/c1-19-11-4-3-9(6-10(11)13(15)16)21(17,18)7-8-2-5-12(14)20-8/h2-6H,7H2,1H3,(H,15,16). The summed E-state index contributed by atoms with van der Waals surface area (Å²) in [4.78, 5) is 11.7. The van der Waals surface area contributed by atoms with E-state index in [0.29, 0.717) is 9.21 Å². The Balaban J connectivity index is 2.40. The zero-order valence-electron chi connectivity index (χ0n) is 10.9. The Morgan fingerprint density at radius 1 is 1.33 bits per heavy atom. The van der Waals surface area contributed by atoms with Gasteiger partial charge in [0.25, 0.3) is 0 Å². The van der Waals surface area contributed by atoms with Gasteiger partial charge in [-0.2, -0.15) is 0 Å². The molecule has 0 atom stereocenters. The van der Waals surface area contributed by atoms with Gasteiger partial charge < -0.3 is 9.84 Å². The Bertz CT molecular complexity index is 780. The lowest BCUT2D eigenvalue weighted by Gasteiger charge is -2.08. The van der Waals surface area contributed by atoms with Gasteiger partial charge in [-0.15, -0.1) is 11.3 Å². The van der Waals surface area contributed by atoms with Gasteiger partial charge in [0.1, 0.15) is 11.3 Å². The van der Waals surface area contributed by atoms with E-state index < -0.39 is 15.8 Å². The molecule has 0 fully saturated rings. The lowest BCUT2D eigenvalue weighted by Crippen LogP contribution is -2.07. The first-order chi connectivity index (χ1) is 9.83. The highest BCUT2D eigenvalue weighted by atomic mass is 35.5. The average molecular weight is 347 g/mol. The molecule has 21 heavy (non-hydrogen) atoms. The van der Waals surface area contributed by atoms with Crippen LogP contribution in [0.5, 0.6) is 5.75 Å². The van der Waals surface area contributed by atoms with E-state index >= 15 is 0 Å². The predicted molar refractivity (Wildman–Crippen MR) is 80.2 cm³/mol. The quantitative estimate of drug-likeness (QED) is 0.899. The van der Waals surface area contributed by atoms with Crippen LogP contribution in [0.3, 0.4) is 0 Å². The van der Waals surface area contributed by atoms with E-state index in [9.17, 15) is 13.2 Å². The highest BCUT2D eigenvalue weighted by Crippen LogP contribution is 2.28. The highest BCUT2D eigenvalue weighted by molar-refractivity contribution is 7.90. The molecule has 8 heteroatoms. The van der Waals surface area contributed by atoms with Crippen molar-refractivity contribution in [2.75, 3.05) is 7.11 Å². The molecule has 2 rings (SSSR count). The van der Waals surface area contributed by atoms with Crippen LogP contribution in [0.2, 0.25) is 4.34 Å². The first-order valence-corrected chi connectivity index (χ1v) is 8.56. The summed E-state index contributed by atoms with van der Waals surface area (Å²) in [6.45, 7) is 0. The van der Waals surface area contributed by atoms with Crippen molar-refractivity contribution in [1.29, 1.82) is 0 Å². The second kappa shape index (κ2) is 6.05. The number of aromatic carboxylic acids is 1. The lowest BCUT2D eigenvalue weighted by atomic mass is 10.2. The molecule has 0 radical (unpaired) electrons. The van der Waals surface area contributed by atoms with Gasteiger partial charge in [0.15, 0.2) is 9.84 Å². The fourth-order valence-electron chi connectivity index (χ4n) is 1.75. The smallest absolute Gasteiger partial charge is 0.339 e. The van der Waals surface area contributed by atoms with Crippen LogP contribution in [0.4, 0.5) is 0 Å². The van der Waals surface area contributed by atoms with E-state index in [0.717, 1.165) is 6.07 Å². The third-order valence-corrected chi connectivity index (χ3v) is 5.80. The van der Waals surface area contributed by atoms with Gasteiger partial charge in [-0.05, 0) is 30.3 Å². The number of carboxylic acid groups (broad SMARTS) is 1. The van der Waals surface area contributed by atoms with Crippen LogP contribution in [0.25, 0.3) is 0 Å². The normalized spacial score (nSPS) is 11.3. The van der Waals surface area contributed by atoms with E-state index in [1.807, 2.05) is 0 Å². The number of ether oxygens (including phenoxy) is 1. The van der Waals surface area contributed by atoms with Crippen LogP contribution in [-0.4, -0.2) is 26.6 Å². The van der Waals surface area contributed by atoms with Crippen molar-refractivity contribution in [3.63, 3.8) is 0 Å². The number of sulfone groups is 1. The number of hydrogen-bond donors (Lipinski definition) is 1. The fourth-order valence-corrected chi connectivity index (χ4v) is 4.54. The molecule has 0 bridgehead atoms. The molecule has 0 unspecified atom stereocenters. The van der Waals surface area contributed by atoms with Crippen molar-refractivity contribution >= 4 is 38.7 Å². The average Bonchev–Trinajstić information content (AvgIpc) is 2.82. The van der Waals surface area contributed by atoms with Gasteiger partial charge in [0.05, 0.1) is 22.1 Å². The summed E-state index contributed by atoms with van der Waals surface area (Å²) in [5.74, 6) is -1.36. The minimum absolute atomic E-state index is 0.0646. The summed E-state index contributed by atoms with van der Waals surface area (Å²) in [5, 5.41) is 9.09. The van der Waals surface area contributed by atoms with Crippen molar-refractivity contribution in [1.82, 2.24) is 0 Å². The maximum Gasteiger partial charge on any atom is 0.339 e. The number of hydrogen-bond acceptors (Lipinski definition) is 5. The van der Waals surface area contributed by atoms with Gasteiger partial charge in [0.2, 0.25) is 0 Å². The lowest BCUT2D eigenvalue weighted by molar-refractivity contribution is 0.0693. The summed E-state index contributed by atoms with van der Waals surface area (Å²) >= 11 is 6.94. The number of halogens is 1. The van der Waals surface area contributed by atoms with Crippen LogP contribution < -0.4 is 4.74 Å². The molecule has 0 aliphatic rings. The van der Waals surface area contributed by atoms with Gasteiger partial charge in [-0.3, -0.25) is 0 Å². The van der Waals surface area contributed by atoms with Crippen LogP contribution in [0, 0.1) is 0 Å². The number of methoxy groups -OCH3 is 1. The predicted octanol–water partition coefficient (Wildman–Crippen LogP) is 3.08. The fraction of sp³-hybridized carbons (Fsp3) is 0.154. The van der Waals surface area contributed by atoms with Crippen molar-refractivity contribution in [2.24, 2.45) is 0 Å². The molecular formula is C13H11ClO5S2. The maximum atomic E-state index is 12.3. The molecule has 1 aromatic heterocycles. The largest absolute Gasteiger partial charge is 0.496 e. The van der Waals surface area contributed by atoms with Crippen molar-refractivity contribution in [3.05, 3.63) is 45.1 Å². The van der Waals surface area contributed by atoms with Crippen LogP contribution >= 0.6 is 22.9 Å². The summed E-state index contributed by atoms with van der Waals surface area (Å²) in [6.07, 6.45) is 0. The molecule has 0 amide bonds. The Labute approximate surface area is 130 Å². The molecule has 1 aromatic carbocycles. The van der Waals surface area contributed by atoms with Gasteiger partial charge >= 0.3 is 5.97 Å². The second-order valence-corrected chi connectivity index (χ2v) is 7.92. The van der Waals surface area contributed by atoms with Gasteiger partial charge in [-0.1, -0.05) is 11.6 Å². The zero-order valence-corrected chi connectivity index (χ0v) is 13.3. The number of benzene rings is 1. The molecule has 0 aliphatic carbocycles. The first-order valence-electron chi connectivity index (χ1n) is 5.72. The maximum absolute atomic E-state index is 12.3. The number of carbonyl (C=O) groups is 1. The molecule has 1 heterocycles. The number of rotatable bonds is 5. The van der Waals surface area contributed by atoms with Crippen molar-refractivity contribution in [3.8, 4) is 5.75 Å². The second-order valence-electron chi connectivity index (χ2n) is 4.13. The summed E-state index contributed by atoms with van der Waals surface area (Å²) in [6, 6.07) is 7.01. The van der Waals surface area contributed by atoms with E-state index in [1.54, 1.807) is 12.1 Å². The van der Waals surface area contributed by atoms with Crippen LogP contribution in [0.15, 0.2) is 35.2 Å². The topological polar surface area (TPSA) is 80.7 Å². The summed E-state index contributed by atoms with van der Waals surface area (Å²) < 4.78 is 30.0. The molecular weight excluding hydrogens is 336 g/mol. The monoisotopic (exact) mass is 346 g/mol. The number of carboxylic acids is 1. The molecule has 5 nitrogen and oxygen atoms in total. The highest BCUT2D eigenvalue weighted by Gasteiger charge is 2.20. The van der Waals surface area contributed by atoms with Gasteiger partial charge in [-0.25, -0.2) is 13.2 Å². The van der Waals surface area contributed by atoms with Crippen molar-refractivity contribution < 1.29 is 23.1 Å². The molecule has 0 saturated carbocycles. The molecule has 1 N–H and O–H groups in total. The van der Waals surface area contributed by atoms with E-state index in [4.69, 9.17) is 21.4 Å². The SMILES string of the molecule is COc1ccc(S(=O)(=O)Cc2ccc(Cl)s2)cc1C(=O)O. The Hall–Kier alpha value is -1.57. The third kappa shape index (κ3) is 3.55. The zero-order chi connectivity index (χ0) is 15.6. The molecule has 2 aromatic rings.